The molecule has 1 atom stereocenters. The first-order valence-corrected chi connectivity index (χ1v) is 14.0. The van der Waals surface area contributed by atoms with Gasteiger partial charge in [-0.15, -0.1) is 0 Å². The molecule has 6 heteroatoms. The summed E-state index contributed by atoms with van der Waals surface area (Å²) in [4.78, 5) is 25.0. The molecule has 5 aromatic carbocycles. The van der Waals surface area contributed by atoms with Crippen molar-refractivity contribution in [1.29, 1.82) is 0 Å². The van der Waals surface area contributed by atoms with Crippen LogP contribution < -0.4 is 4.74 Å². The molecule has 0 aliphatic rings. The number of ketones is 1. The molecule has 1 unspecified atom stereocenters. The van der Waals surface area contributed by atoms with Crippen molar-refractivity contribution >= 4 is 11.8 Å². The second-order valence-electron chi connectivity index (χ2n) is 10.4. The number of hydrogen-bond acceptors (Lipinski definition) is 3. The molecule has 0 amide bonds. The standard InChI is InChI=1S/C37H29F3O3/c1-3-24(2)36(42)43-34-22-18-32(19-23-34)35(41)31-14-12-29(13-15-31)27-6-4-25(5-7-27)26-8-10-28(11-9-26)30-16-20-33(21-17-30)37(38,39)40/h4-24H,3H2,1-2H3. The highest BCUT2D eigenvalue weighted by Crippen LogP contribution is 2.32. The van der Waals surface area contributed by atoms with E-state index >= 15 is 0 Å². The fourth-order valence-electron chi connectivity index (χ4n) is 4.60. The lowest BCUT2D eigenvalue weighted by atomic mass is 9.96. The van der Waals surface area contributed by atoms with Gasteiger partial charge in [-0.1, -0.05) is 98.8 Å². The van der Waals surface area contributed by atoms with Gasteiger partial charge < -0.3 is 4.74 Å². The van der Waals surface area contributed by atoms with Gasteiger partial charge in [0, 0.05) is 11.1 Å². The molecule has 3 nitrogen and oxygen atoms in total. The maximum absolute atomic E-state index is 13.0. The third-order valence-corrected chi connectivity index (χ3v) is 7.48. The summed E-state index contributed by atoms with van der Waals surface area (Å²) in [5, 5.41) is 0. The molecule has 0 heterocycles. The molecule has 0 radical (unpaired) electrons. The predicted octanol–water partition coefficient (Wildman–Crippen LogP) is 9.89. The molecule has 0 spiro atoms. The van der Waals surface area contributed by atoms with Gasteiger partial charge in [0.2, 0.25) is 0 Å². The van der Waals surface area contributed by atoms with Gasteiger partial charge in [-0.2, -0.15) is 13.2 Å². The molecule has 43 heavy (non-hydrogen) atoms. The minimum Gasteiger partial charge on any atom is -0.426 e. The number of halogens is 3. The number of esters is 1. The highest BCUT2D eigenvalue weighted by molar-refractivity contribution is 6.09. The first-order valence-electron chi connectivity index (χ1n) is 14.0. The number of carbonyl (C=O) groups is 2. The van der Waals surface area contributed by atoms with Crippen LogP contribution in [-0.4, -0.2) is 11.8 Å². The zero-order chi connectivity index (χ0) is 30.6. The fourth-order valence-corrected chi connectivity index (χ4v) is 4.60. The molecule has 216 valence electrons. The third kappa shape index (κ3) is 6.92. The molecule has 0 aliphatic heterocycles. The van der Waals surface area contributed by atoms with E-state index in [1.54, 1.807) is 36.4 Å². The molecular weight excluding hydrogens is 549 g/mol. The summed E-state index contributed by atoms with van der Waals surface area (Å²) in [6.07, 6.45) is -3.66. The van der Waals surface area contributed by atoms with Crippen LogP contribution >= 0.6 is 0 Å². The minimum absolute atomic E-state index is 0.124. The van der Waals surface area contributed by atoms with Crippen LogP contribution in [0.4, 0.5) is 13.2 Å². The average molecular weight is 579 g/mol. The molecule has 5 rings (SSSR count). The molecule has 0 aliphatic carbocycles. The minimum atomic E-state index is -4.35. The van der Waals surface area contributed by atoms with Crippen molar-refractivity contribution in [1.82, 2.24) is 0 Å². The Kier molecular flexibility index (Phi) is 8.58. The maximum atomic E-state index is 13.0. The largest absolute Gasteiger partial charge is 0.426 e. The van der Waals surface area contributed by atoms with Crippen LogP contribution in [0.15, 0.2) is 121 Å². The van der Waals surface area contributed by atoms with Gasteiger partial charge in [-0.05, 0) is 76.2 Å². The van der Waals surface area contributed by atoms with Crippen molar-refractivity contribution in [2.75, 3.05) is 0 Å². The summed E-state index contributed by atoms with van der Waals surface area (Å²) in [6, 6.07) is 34.9. The van der Waals surface area contributed by atoms with E-state index in [4.69, 9.17) is 4.74 Å². The Labute approximate surface area is 248 Å². The van der Waals surface area contributed by atoms with Gasteiger partial charge in [-0.3, -0.25) is 9.59 Å². The molecule has 0 bridgehead atoms. The zero-order valence-corrected chi connectivity index (χ0v) is 23.7. The second kappa shape index (κ2) is 12.5. The van der Waals surface area contributed by atoms with Crippen LogP contribution in [-0.2, 0) is 11.0 Å². The molecule has 0 saturated heterocycles. The maximum Gasteiger partial charge on any atom is 0.416 e. The van der Waals surface area contributed by atoms with Crippen LogP contribution in [0.2, 0.25) is 0 Å². The summed E-state index contributed by atoms with van der Waals surface area (Å²) in [7, 11) is 0. The summed E-state index contributed by atoms with van der Waals surface area (Å²) >= 11 is 0. The summed E-state index contributed by atoms with van der Waals surface area (Å²) in [5.41, 5.74) is 5.91. The zero-order valence-electron chi connectivity index (χ0n) is 23.7. The van der Waals surface area contributed by atoms with E-state index < -0.39 is 11.7 Å². The fraction of sp³-hybridized carbons (Fsp3) is 0.135. The van der Waals surface area contributed by atoms with Gasteiger partial charge in [0.1, 0.15) is 5.75 Å². The Bertz CT molecular complexity index is 1700. The van der Waals surface area contributed by atoms with Crippen LogP contribution in [0.25, 0.3) is 33.4 Å². The van der Waals surface area contributed by atoms with E-state index in [2.05, 4.69) is 0 Å². The number of carbonyl (C=O) groups excluding carboxylic acids is 2. The van der Waals surface area contributed by atoms with E-state index in [-0.39, 0.29) is 17.7 Å². The quantitative estimate of drug-likeness (QED) is 0.105. The first kappa shape index (κ1) is 29.5. The Balaban J connectivity index is 1.23. The molecular formula is C37H29F3O3. The number of ether oxygens (including phenoxy) is 1. The highest BCUT2D eigenvalue weighted by Gasteiger charge is 2.30. The third-order valence-electron chi connectivity index (χ3n) is 7.48. The summed E-state index contributed by atoms with van der Waals surface area (Å²) in [6.45, 7) is 3.74. The Hall–Kier alpha value is -4.97. The van der Waals surface area contributed by atoms with E-state index in [1.807, 2.05) is 74.5 Å². The summed E-state index contributed by atoms with van der Waals surface area (Å²) < 4.78 is 43.9. The van der Waals surface area contributed by atoms with Crippen molar-refractivity contribution < 1.29 is 27.5 Å². The van der Waals surface area contributed by atoms with Crippen LogP contribution in [0, 0.1) is 5.92 Å². The van der Waals surface area contributed by atoms with E-state index in [9.17, 15) is 22.8 Å². The van der Waals surface area contributed by atoms with Crippen molar-refractivity contribution in [3.63, 3.8) is 0 Å². The molecule has 0 fully saturated rings. The lowest BCUT2D eigenvalue weighted by molar-refractivity contribution is -0.138. The Morgan fingerprint density at radius 3 is 1.26 bits per heavy atom. The van der Waals surface area contributed by atoms with Crippen molar-refractivity contribution in [3.05, 3.63) is 138 Å². The monoisotopic (exact) mass is 578 g/mol. The Morgan fingerprint density at radius 2 is 0.907 bits per heavy atom. The van der Waals surface area contributed by atoms with Crippen LogP contribution in [0.5, 0.6) is 5.75 Å². The van der Waals surface area contributed by atoms with Gasteiger partial charge >= 0.3 is 12.1 Å². The van der Waals surface area contributed by atoms with Crippen molar-refractivity contribution in [2.24, 2.45) is 5.92 Å². The molecule has 5 aromatic rings. The number of rotatable bonds is 8. The van der Waals surface area contributed by atoms with Crippen molar-refractivity contribution in [3.8, 4) is 39.1 Å². The average Bonchev–Trinajstić information content (AvgIpc) is 3.04. The molecule has 0 N–H and O–H groups in total. The highest BCUT2D eigenvalue weighted by atomic mass is 19.4. The number of alkyl halides is 3. The predicted molar refractivity (Wildman–Crippen MR) is 163 cm³/mol. The van der Waals surface area contributed by atoms with Gasteiger partial charge in [0.15, 0.2) is 5.78 Å². The van der Waals surface area contributed by atoms with E-state index in [0.717, 1.165) is 45.5 Å². The molecule has 0 aromatic heterocycles. The summed E-state index contributed by atoms with van der Waals surface area (Å²) in [5.74, 6) is -0.191. The van der Waals surface area contributed by atoms with Crippen LogP contribution in [0.3, 0.4) is 0 Å². The van der Waals surface area contributed by atoms with Crippen LogP contribution in [0.1, 0.15) is 41.8 Å². The number of hydrogen-bond donors (Lipinski definition) is 0. The lowest BCUT2D eigenvalue weighted by Crippen LogP contribution is -2.16. The normalized spacial score (nSPS) is 12.0. The van der Waals surface area contributed by atoms with Gasteiger partial charge in [0.05, 0.1) is 11.5 Å². The van der Waals surface area contributed by atoms with Gasteiger partial charge in [0.25, 0.3) is 0 Å². The SMILES string of the molecule is CCC(C)C(=O)Oc1ccc(C(=O)c2ccc(-c3ccc(-c4ccc(-c5ccc(C(F)(F)F)cc5)cc4)cc3)cc2)cc1. The number of benzene rings is 5. The smallest absolute Gasteiger partial charge is 0.416 e. The van der Waals surface area contributed by atoms with E-state index in [0.29, 0.717) is 23.3 Å². The Morgan fingerprint density at radius 1 is 0.581 bits per heavy atom. The second-order valence-corrected chi connectivity index (χ2v) is 10.4. The molecule has 0 saturated carbocycles. The topological polar surface area (TPSA) is 43.4 Å². The first-order chi connectivity index (χ1) is 20.6. The van der Waals surface area contributed by atoms with Gasteiger partial charge in [-0.25, -0.2) is 0 Å². The lowest BCUT2D eigenvalue weighted by Gasteiger charge is -2.10. The van der Waals surface area contributed by atoms with E-state index in [1.165, 1.54) is 12.1 Å². The van der Waals surface area contributed by atoms with Crippen molar-refractivity contribution in [2.45, 2.75) is 26.4 Å².